The van der Waals surface area contributed by atoms with E-state index in [1.165, 1.54) is 31.5 Å². The lowest BCUT2D eigenvalue weighted by Crippen LogP contribution is -2.32. The monoisotopic (exact) mass is 322 g/mol. The maximum absolute atomic E-state index is 12.3. The molecule has 2 aromatic rings. The summed E-state index contributed by atoms with van der Waals surface area (Å²) in [5, 5.41) is 2.98. The van der Waals surface area contributed by atoms with Crippen molar-refractivity contribution < 1.29 is 4.79 Å². The van der Waals surface area contributed by atoms with Crippen LogP contribution in [0.2, 0.25) is 0 Å². The highest BCUT2D eigenvalue weighted by Crippen LogP contribution is 2.19. The van der Waals surface area contributed by atoms with Crippen molar-refractivity contribution in [3.05, 3.63) is 65.2 Å². The van der Waals surface area contributed by atoms with Crippen LogP contribution in [0.5, 0.6) is 0 Å². The molecular weight excluding hydrogens is 296 g/mol. The zero-order chi connectivity index (χ0) is 16.9. The minimum atomic E-state index is -0.0501. The summed E-state index contributed by atoms with van der Waals surface area (Å²) in [6.07, 6.45) is 2.59. The van der Waals surface area contributed by atoms with E-state index in [-0.39, 0.29) is 5.91 Å². The molecule has 1 N–H and O–H groups in total. The van der Waals surface area contributed by atoms with E-state index in [0.717, 1.165) is 29.3 Å². The first-order valence-electron chi connectivity index (χ1n) is 8.80. The van der Waals surface area contributed by atoms with Crippen LogP contribution in [0.1, 0.15) is 41.3 Å². The first kappa shape index (κ1) is 16.7. The molecule has 1 saturated heterocycles. The van der Waals surface area contributed by atoms with Crippen LogP contribution in [-0.4, -0.2) is 23.9 Å². The van der Waals surface area contributed by atoms with Gasteiger partial charge in [-0.1, -0.05) is 37.3 Å². The summed E-state index contributed by atoms with van der Waals surface area (Å²) in [4.78, 5) is 14.9. The third kappa shape index (κ3) is 4.24. The molecule has 1 aliphatic heterocycles. The minimum absolute atomic E-state index is 0.0501. The molecule has 1 aliphatic rings. The Balaban J connectivity index is 1.58. The molecule has 1 amide bonds. The molecule has 0 aliphatic carbocycles. The molecule has 3 heteroatoms. The lowest BCUT2D eigenvalue weighted by molar-refractivity contribution is 0.102. The number of aryl methyl sites for hydroxylation is 1. The molecule has 2 aromatic carbocycles. The number of likely N-dealkylation sites (tertiary alicyclic amines) is 1. The summed E-state index contributed by atoms with van der Waals surface area (Å²) in [6, 6.07) is 15.9. The Morgan fingerprint density at radius 2 is 1.75 bits per heavy atom. The van der Waals surface area contributed by atoms with Gasteiger partial charge in [-0.25, -0.2) is 0 Å². The molecule has 24 heavy (non-hydrogen) atoms. The molecule has 0 saturated carbocycles. The molecule has 1 fully saturated rings. The molecule has 126 valence electrons. The Morgan fingerprint density at radius 1 is 1.08 bits per heavy atom. The van der Waals surface area contributed by atoms with E-state index in [9.17, 15) is 4.79 Å². The fourth-order valence-corrected chi connectivity index (χ4v) is 3.20. The third-order valence-corrected chi connectivity index (χ3v) is 4.88. The van der Waals surface area contributed by atoms with Gasteiger partial charge in [0.15, 0.2) is 0 Å². The molecule has 1 heterocycles. The van der Waals surface area contributed by atoms with Crippen molar-refractivity contribution in [2.45, 2.75) is 33.2 Å². The largest absolute Gasteiger partial charge is 0.322 e. The van der Waals surface area contributed by atoms with Crippen LogP contribution in [0.25, 0.3) is 0 Å². The highest BCUT2D eigenvalue weighted by atomic mass is 16.1. The van der Waals surface area contributed by atoms with Crippen molar-refractivity contribution in [1.29, 1.82) is 0 Å². The van der Waals surface area contributed by atoms with Crippen LogP contribution in [0.15, 0.2) is 48.5 Å². The number of anilines is 1. The average molecular weight is 322 g/mol. The average Bonchev–Trinajstić information content (AvgIpc) is 2.59. The van der Waals surface area contributed by atoms with E-state index in [1.807, 2.05) is 43.3 Å². The van der Waals surface area contributed by atoms with Crippen LogP contribution in [-0.2, 0) is 6.54 Å². The van der Waals surface area contributed by atoms with Gasteiger partial charge in [-0.05, 0) is 68.1 Å². The second kappa shape index (κ2) is 7.63. The fraction of sp³-hybridized carbons (Fsp3) is 0.381. The van der Waals surface area contributed by atoms with Crippen molar-refractivity contribution in [2.75, 3.05) is 18.4 Å². The summed E-state index contributed by atoms with van der Waals surface area (Å²) in [5.74, 6) is 0.811. The maximum atomic E-state index is 12.3. The van der Waals surface area contributed by atoms with E-state index in [1.54, 1.807) is 0 Å². The van der Waals surface area contributed by atoms with E-state index in [4.69, 9.17) is 0 Å². The van der Waals surface area contributed by atoms with E-state index < -0.39 is 0 Å². The predicted molar refractivity (Wildman–Crippen MR) is 99.2 cm³/mol. The summed E-state index contributed by atoms with van der Waals surface area (Å²) < 4.78 is 0. The molecule has 3 nitrogen and oxygen atoms in total. The van der Waals surface area contributed by atoms with Gasteiger partial charge in [-0.3, -0.25) is 9.69 Å². The quantitative estimate of drug-likeness (QED) is 0.900. The lowest BCUT2D eigenvalue weighted by atomic mass is 9.99. The van der Waals surface area contributed by atoms with Gasteiger partial charge in [0.2, 0.25) is 0 Å². The number of amides is 1. The van der Waals surface area contributed by atoms with Crippen LogP contribution >= 0.6 is 0 Å². The molecule has 0 aromatic heterocycles. The number of carbonyl (C=O) groups excluding carboxylic acids is 1. The van der Waals surface area contributed by atoms with Crippen LogP contribution in [0.4, 0.5) is 5.69 Å². The molecule has 0 bridgehead atoms. The van der Waals surface area contributed by atoms with Gasteiger partial charge in [-0.15, -0.1) is 0 Å². The second-order valence-electron chi connectivity index (χ2n) is 6.92. The number of hydrogen-bond donors (Lipinski definition) is 1. The minimum Gasteiger partial charge on any atom is -0.322 e. The standard InChI is InChI=1S/C21H26N2O/c1-16-11-13-23(14-12-16)15-18-7-9-19(10-8-18)22-21(24)20-6-4-3-5-17(20)2/h3-10,16H,11-15H2,1-2H3,(H,22,24). The fourth-order valence-electron chi connectivity index (χ4n) is 3.20. The summed E-state index contributed by atoms with van der Waals surface area (Å²) in [6.45, 7) is 7.67. The summed E-state index contributed by atoms with van der Waals surface area (Å²) >= 11 is 0. The Kier molecular flexibility index (Phi) is 5.31. The third-order valence-electron chi connectivity index (χ3n) is 4.88. The number of carbonyl (C=O) groups is 1. The highest BCUT2D eigenvalue weighted by Gasteiger charge is 2.15. The van der Waals surface area contributed by atoms with Gasteiger partial charge in [0, 0.05) is 17.8 Å². The van der Waals surface area contributed by atoms with Crippen molar-refractivity contribution in [1.82, 2.24) is 4.90 Å². The molecule has 0 radical (unpaired) electrons. The van der Waals surface area contributed by atoms with E-state index in [2.05, 4.69) is 29.3 Å². The predicted octanol–water partition coefficient (Wildman–Crippen LogP) is 4.48. The topological polar surface area (TPSA) is 32.3 Å². The Hall–Kier alpha value is -2.13. The van der Waals surface area contributed by atoms with Gasteiger partial charge >= 0.3 is 0 Å². The molecular formula is C21H26N2O. The van der Waals surface area contributed by atoms with Crippen LogP contribution in [0, 0.1) is 12.8 Å². The lowest BCUT2D eigenvalue weighted by Gasteiger charge is -2.30. The summed E-state index contributed by atoms with van der Waals surface area (Å²) in [7, 11) is 0. The molecule has 0 atom stereocenters. The number of rotatable bonds is 4. The Morgan fingerprint density at radius 3 is 2.42 bits per heavy atom. The number of nitrogens with one attached hydrogen (secondary N) is 1. The number of nitrogens with zero attached hydrogens (tertiary/aromatic N) is 1. The first-order chi connectivity index (χ1) is 11.6. The van der Waals surface area contributed by atoms with Gasteiger partial charge in [0.1, 0.15) is 0 Å². The number of piperidine rings is 1. The number of benzene rings is 2. The van der Waals surface area contributed by atoms with Gasteiger partial charge in [0.25, 0.3) is 5.91 Å². The van der Waals surface area contributed by atoms with Gasteiger partial charge in [0.05, 0.1) is 0 Å². The van der Waals surface area contributed by atoms with Crippen LogP contribution in [0.3, 0.4) is 0 Å². The Bertz CT molecular complexity index is 685. The van der Waals surface area contributed by atoms with Crippen molar-refractivity contribution >= 4 is 11.6 Å². The molecule has 0 spiro atoms. The van der Waals surface area contributed by atoms with Crippen molar-refractivity contribution in [3.8, 4) is 0 Å². The molecule has 3 rings (SSSR count). The number of hydrogen-bond acceptors (Lipinski definition) is 2. The highest BCUT2D eigenvalue weighted by molar-refractivity contribution is 6.05. The zero-order valence-electron chi connectivity index (χ0n) is 14.6. The van der Waals surface area contributed by atoms with Gasteiger partial charge < -0.3 is 5.32 Å². The smallest absolute Gasteiger partial charge is 0.255 e. The second-order valence-corrected chi connectivity index (χ2v) is 6.92. The summed E-state index contributed by atoms with van der Waals surface area (Å²) in [5.41, 5.74) is 3.87. The van der Waals surface area contributed by atoms with Crippen LogP contribution < -0.4 is 5.32 Å². The van der Waals surface area contributed by atoms with Crippen molar-refractivity contribution in [3.63, 3.8) is 0 Å². The van der Waals surface area contributed by atoms with Crippen molar-refractivity contribution in [2.24, 2.45) is 5.92 Å². The maximum Gasteiger partial charge on any atom is 0.255 e. The normalized spacial score (nSPS) is 16.1. The van der Waals surface area contributed by atoms with E-state index >= 15 is 0 Å². The molecule has 0 unspecified atom stereocenters. The van der Waals surface area contributed by atoms with E-state index in [0.29, 0.717) is 0 Å². The Labute approximate surface area is 144 Å². The zero-order valence-corrected chi connectivity index (χ0v) is 14.6. The first-order valence-corrected chi connectivity index (χ1v) is 8.80. The van der Waals surface area contributed by atoms with Gasteiger partial charge in [-0.2, -0.15) is 0 Å². The SMILES string of the molecule is Cc1ccccc1C(=O)Nc1ccc(CN2CCC(C)CC2)cc1.